The standard InChI is InChI=1S/C7H7BN2O2/c9-10-6-2-1-5-4-12-8(11)7(5)3-6/h1-3,9,11H,4H2. The van der Waals surface area contributed by atoms with Crippen LogP contribution in [0.1, 0.15) is 5.56 Å². The predicted molar refractivity (Wildman–Crippen MR) is 43.6 cm³/mol. The number of fused-ring (bicyclic) bond motifs is 1. The molecular formula is C7H7BN2O2. The van der Waals surface area contributed by atoms with E-state index in [0.29, 0.717) is 12.3 Å². The van der Waals surface area contributed by atoms with Crippen LogP contribution in [0.25, 0.3) is 0 Å². The summed E-state index contributed by atoms with van der Waals surface area (Å²) in [4.78, 5) is 0. The second-order valence-electron chi connectivity index (χ2n) is 2.66. The zero-order chi connectivity index (χ0) is 8.55. The maximum Gasteiger partial charge on any atom is 0.491 e. The first-order valence-electron chi connectivity index (χ1n) is 3.61. The summed E-state index contributed by atoms with van der Waals surface area (Å²) < 4.78 is 4.98. The molecule has 1 aliphatic heterocycles. The summed E-state index contributed by atoms with van der Waals surface area (Å²) in [6.45, 7) is 0.439. The lowest BCUT2D eigenvalue weighted by Gasteiger charge is -1.97. The van der Waals surface area contributed by atoms with E-state index in [1.54, 1.807) is 12.1 Å². The molecule has 0 saturated heterocycles. The molecule has 0 unspecified atom stereocenters. The highest BCUT2D eigenvalue weighted by atomic mass is 16.5. The topological polar surface area (TPSA) is 65.7 Å². The van der Waals surface area contributed by atoms with Gasteiger partial charge in [0.1, 0.15) is 0 Å². The van der Waals surface area contributed by atoms with Crippen molar-refractivity contribution in [1.82, 2.24) is 0 Å². The first kappa shape index (κ1) is 7.45. The first-order chi connectivity index (χ1) is 5.81. The lowest BCUT2D eigenvalue weighted by atomic mass is 9.79. The number of rotatable bonds is 1. The monoisotopic (exact) mass is 162 g/mol. The molecule has 0 radical (unpaired) electrons. The molecule has 0 aromatic heterocycles. The van der Waals surface area contributed by atoms with E-state index >= 15 is 0 Å². The average molecular weight is 162 g/mol. The highest BCUT2D eigenvalue weighted by Gasteiger charge is 2.26. The average Bonchev–Trinajstić information content (AvgIpc) is 2.47. The molecule has 5 heteroatoms. The smallest absolute Gasteiger partial charge is 0.423 e. The zero-order valence-electron chi connectivity index (χ0n) is 6.32. The Morgan fingerprint density at radius 2 is 2.42 bits per heavy atom. The van der Waals surface area contributed by atoms with Gasteiger partial charge >= 0.3 is 7.12 Å². The van der Waals surface area contributed by atoms with Crippen LogP contribution in [-0.4, -0.2) is 12.1 Å². The largest absolute Gasteiger partial charge is 0.491 e. The van der Waals surface area contributed by atoms with E-state index in [2.05, 4.69) is 5.11 Å². The van der Waals surface area contributed by atoms with Gasteiger partial charge in [-0.1, -0.05) is 6.07 Å². The normalized spacial score (nSPS) is 14.6. The Balaban J connectivity index is 2.50. The second-order valence-corrected chi connectivity index (χ2v) is 2.66. The quantitative estimate of drug-likeness (QED) is 0.468. The fourth-order valence-corrected chi connectivity index (χ4v) is 1.27. The molecule has 0 bridgehead atoms. The Morgan fingerprint density at radius 3 is 3.17 bits per heavy atom. The summed E-state index contributed by atoms with van der Waals surface area (Å²) >= 11 is 0. The van der Waals surface area contributed by atoms with Crippen molar-refractivity contribution in [2.75, 3.05) is 0 Å². The molecule has 0 fully saturated rings. The number of nitrogens with one attached hydrogen (secondary N) is 1. The summed E-state index contributed by atoms with van der Waals surface area (Å²) in [5, 5.41) is 12.5. The molecule has 0 atom stereocenters. The van der Waals surface area contributed by atoms with E-state index in [9.17, 15) is 5.02 Å². The van der Waals surface area contributed by atoms with Crippen LogP contribution in [0.2, 0.25) is 0 Å². The molecule has 1 aliphatic rings. The van der Waals surface area contributed by atoms with Gasteiger partial charge in [-0.15, -0.1) is 0 Å². The molecule has 0 aliphatic carbocycles. The fourth-order valence-electron chi connectivity index (χ4n) is 1.27. The van der Waals surface area contributed by atoms with Crippen LogP contribution in [0.3, 0.4) is 0 Å². The van der Waals surface area contributed by atoms with Crippen molar-refractivity contribution >= 4 is 18.3 Å². The molecule has 1 aromatic carbocycles. The van der Waals surface area contributed by atoms with Crippen LogP contribution >= 0.6 is 0 Å². The highest BCUT2D eigenvalue weighted by Crippen LogP contribution is 2.15. The van der Waals surface area contributed by atoms with Crippen molar-refractivity contribution in [3.8, 4) is 0 Å². The zero-order valence-corrected chi connectivity index (χ0v) is 6.32. The molecule has 2 N–H and O–H groups in total. The minimum atomic E-state index is -0.846. The van der Waals surface area contributed by atoms with Crippen LogP contribution in [0.5, 0.6) is 0 Å². The maximum atomic E-state index is 9.28. The molecule has 12 heavy (non-hydrogen) atoms. The Hall–Kier alpha value is -1.20. The summed E-state index contributed by atoms with van der Waals surface area (Å²) in [6.07, 6.45) is 0. The van der Waals surface area contributed by atoms with Gasteiger partial charge in [0.2, 0.25) is 0 Å². The predicted octanol–water partition coefficient (Wildman–Crippen LogP) is 0.567. The van der Waals surface area contributed by atoms with Gasteiger partial charge < -0.3 is 9.68 Å². The van der Waals surface area contributed by atoms with Gasteiger partial charge in [0.05, 0.1) is 12.3 Å². The number of benzene rings is 1. The van der Waals surface area contributed by atoms with Crippen LogP contribution in [0, 0.1) is 5.53 Å². The molecule has 2 rings (SSSR count). The van der Waals surface area contributed by atoms with E-state index in [4.69, 9.17) is 10.2 Å². The summed E-state index contributed by atoms with van der Waals surface area (Å²) in [7, 11) is -0.846. The third kappa shape index (κ3) is 1.03. The molecule has 0 spiro atoms. The van der Waals surface area contributed by atoms with E-state index in [0.717, 1.165) is 11.0 Å². The summed E-state index contributed by atoms with van der Waals surface area (Å²) in [6, 6.07) is 5.21. The van der Waals surface area contributed by atoms with Crippen molar-refractivity contribution in [2.24, 2.45) is 5.11 Å². The lowest BCUT2D eigenvalue weighted by Crippen LogP contribution is -2.27. The molecule has 4 nitrogen and oxygen atoms in total. The van der Waals surface area contributed by atoms with Gasteiger partial charge in [0.15, 0.2) is 0 Å². The Morgan fingerprint density at radius 1 is 1.58 bits per heavy atom. The SMILES string of the molecule is N=Nc1ccc2c(c1)B(O)OC2. The van der Waals surface area contributed by atoms with E-state index in [-0.39, 0.29) is 0 Å². The number of hydrogen-bond donors (Lipinski definition) is 2. The second kappa shape index (κ2) is 2.69. The first-order valence-corrected chi connectivity index (χ1v) is 3.61. The highest BCUT2D eigenvalue weighted by molar-refractivity contribution is 6.61. The van der Waals surface area contributed by atoms with Crippen LogP contribution in [0.15, 0.2) is 23.3 Å². The van der Waals surface area contributed by atoms with Crippen molar-refractivity contribution < 1.29 is 9.68 Å². The lowest BCUT2D eigenvalue weighted by molar-refractivity contribution is 0.275. The third-order valence-corrected chi connectivity index (χ3v) is 1.92. The van der Waals surface area contributed by atoms with E-state index in [1.165, 1.54) is 0 Å². The van der Waals surface area contributed by atoms with Crippen LogP contribution < -0.4 is 5.46 Å². The number of hydrogen-bond acceptors (Lipinski definition) is 4. The molecule has 60 valence electrons. The van der Waals surface area contributed by atoms with Crippen LogP contribution in [0.4, 0.5) is 5.69 Å². The fraction of sp³-hybridized carbons (Fsp3) is 0.143. The Labute approximate surface area is 69.8 Å². The minimum absolute atomic E-state index is 0.439. The minimum Gasteiger partial charge on any atom is -0.423 e. The molecular weight excluding hydrogens is 155 g/mol. The molecule has 1 aromatic rings. The maximum absolute atomic E-state index is 9.28. The molecule has 0 amide bonds. The van der Waals surface area contributed by atoms with Gasteiger partial charge in [0.25, 0.3) is 0 Å². The van der Waals surface area contributed by atoms with Crippen LogP contribution in [-0.2, 0) is 11.3 Å². The Bertz CT molecular complexity index is 329. The van der Waals surface area contributed by atoms with Crippen molar-refractivity contribution in [2.45, 2.75) is 6.61 Å². The van der Waals surface area contributed by atoms with E-state index in [1.807, 2.05) is 6.07 Å². The van der Waals surface area contributed by atoms with Gasteiger partial charge in [-0.05, 0) is 23.2 Å². The third-order valence-electron chi connectivity index (χ3n) is 1.92. The molecule has 0 saturated carbocycles. The van der Waals surface area contributed by atoms with Crippen molar-refractivity contribution in [3.63, 3.8) is 0 Å². The van der Waals surface area contributed by atoms with Gasteiger partial charge in [0, 0.05) is 0 Å². The molecule has 1 heterocycles. The Kier molecular flexibility index (Phi) is 1.67. The number of nitrogens with zero attached hydrogens (tertiary/aromatic N) is 1. The van der Waals surface area contributed by atoms with Gasteiger partial charge in [-0.25, -0.2) is 5.53 Å². The van der Waals surface area contributed by atoms with E-state index < -0.39 is 7.12 Å². The summed E-state index contributed by atoms with van der Waals surface area (Å²) in [5.74, 6) is 0. The van der Waals surface area contributed by atoms with Gasteiger partial charge in [-0.2, -0.15) is 5.11 Å². The van der Waals surface area contributed by atoms with Crippen molar-refractivity contribution in [1.29, 1.82) is 5.53 Å². The van der Waals surface area contributed by atoms with Crippen molar-refractivity contribution in [3.05, 3.63) is 23.8 Å². The summed E-state index contributed by atoms with van der Waals surface area (Å²) in [5.41, 5.74) is 9.01. The van der Waals surface area contributed by atoms with Gasteiger partial charge in [-0.3, -0.25) is 0 Å².